The largest absolute Gasteiger partial charge is 0.374 e. The van der Waals surface area contributed by atoms with E-state index < -0.39 is 16.3 Å². The molecule has 6 nitrogen and oxygen atoms in total. The quantitative estimate of drug-likeness (QED) is 0.320. The number of pyridine rings is 1. The van der Waals surface area contributed by atoms with E-state index in [9.17, 15) is 17.9 Å². The summed E-state index contributed by atoms with van der Waals surface area (Å²) in [5, 5.41) is 14.1. The van der Waals surface area contributed by atoms with Gasteiger partial charge in [-0.2, -0.15) is 0 Å². The molecule has 5 aromatic rings. The summed E-state index contributed by atoms with van der Waals surface area (Å²) in [6.45, 7) is 0.324. The molecule has 35 heavy (non-hydrogen) atoms. The number of fused-ring (bicyclic) bond motifs is 1. The molecule has 1 atom stereocenters. The molecule has 0 aliphatic carbocycles. The molecule has 0 amide bonds. The SMILES string of the molecule is O=S(=O)(c1ccc(C(O)NCc2ccc(F)cc2)cc1)n1cc(-c2ccccc2)c2cccnc21. The minimum absolute atomic E-state index is 0.0779. The lowest BCUT2D eigenvalue weighted by Crippen LogP contribution is -2.20. The molecule has 0 radical (unpaired) electrons. The van der Waals surface area contributed by atoms with Crippen molar-refractivity contribution in [3.8, 4) is 11.1 Å². The van der Waals surface area contributed by atoms with Crippen LogP contribution in [-0.2, 0) is 16.6 Å². The van der Waals surface area contributed by atoms with E-state index in [1.165, 1.54) is 28.2 Å². The van der Waals surface area contributed by atoms with Crippen molar-refractivity contribution in [1.82, 2.24) is 14.3 Å². The Morgan fingerprint density at radius 1 is 0.914 bits per heavy atom. The zero-order valence-corrected chi connectivity index (χ0v) is 19.4. The van der Waals surface area contributed by atoms with Crippen LogP contribution in [0.4, 0.5) is 4.39 Å². The molecular weight excluding hydrogens is 465 g/mol. The molecular formula is C27H22FN3O3S. The van der Waals surface area contributed by atoms with Gasteiger partial charge in [0, 0.05) is 29.9 Å². The van der Waals surface area contributed by atoms with Gasteiger partial charge in [-0.3, -0.25) is 5.32 Å². The van der Waals surface area contributed by atoms with Crippen molar-refractivity contribution in [3.63, 3.8) is 0 Å². The summed E-state index contributed by atoms with van der Waals surface area (Å²) in [6, 6.07) is 25.2. The lowest BCUT2D eigenvalue weighted by molar-refractivity contribution is 0.137. The van der Waals surface area contributed by atoms with Crippen LogP contribution in [0.15, 0.2) is 108 Å². The van der Waals surface area contributed by atoms with Gasteiger partial charge in [0.05, 0.1) is 4.90 Å². The summed E-state index contributed by atoms with van der Waals surface area (Å²) < 4.78 is 41.3. The van der Waals surface area contributed by atoms with Crippen LogP contribution in [0, 0.1) is 5.82 Å². The van der Waals surface area contributed by atoms with Crippen molar-refractivity contribution in [1.29, 1.82) is 0 Å². The third kappa shape index (κ3) is 4.59. The van der Waals surface area contributed by atoms with Crippen LogP contribution in [0.2, 0.25) is 0 Å². The first-order valence-electron chi connectivity index (χ1n) is 11.0. The van der Waals surface area contributed by atoms with E-state index in [1.54, 1.807) is 42.7 Å². The van der Waals surface area contributed by atoms with Gasteiger partial charge in [-0.1, -0.05) is 54.6 Å². The number of hydrogen-bond acceptors (Lipinski definition) is 5. The molecule has 0 saturated heterocycles. The number of nitrogens with one attached hydrogen (secondary N) is 1. The Hall–Kier alpha value is -3.85. The second kappa shape index (κ2) is 9.42. The lowest BCUT2D eigenvalue weighted by Gasteiger charge is -2.14. The first-order valence-corrected chi connectivity index (χ1v) is 12.4. The number of benzene rings is 3. The van der Waals surface area contributed by atoms with Crippen molar-refractivity contribution in [2.45, 2.75) is 17.7 Å². The van der Waals surface area contributed by atoms with Crippen LogP contribution in [-0.4, -0.2) is 22.5 Å². The summed E-state index contributed by atoms with van der Waals surface area (Å²) >= 11 is 0. The fourth-order valence-corrected chi connectivity index (χ4v) is 5.26. The molecule has 0 saturated carbocycles. The van der Waals surface area contributed by atoms with Gasteiger partial charge in [-0.05, 0) is 53.1 Å². The van der Waals surface area contributed by atoms with E-state index in [1.807, 2.05) is 36.4 Å². The Morgan fingerprint density at radius 3 is 2.34 bits per heavy atom. The molecule has 0 fully saturated rings. The van der Waals surface area contributed by atoms with Gasteiger partial charge >= 0.3 is 0 Å². The van der Waals surface area contributed by atoms with Crippen LogP contribution >= 0.6 is 0 Å². The number of hydrogen-bond donors (Lipinski definition) is 2. The van der Waals surface area contributed by atoms with Crippen molar-refractivity contribution >= 4 is 21.1 Å². The molecule has 1 unspecified atom stereocenters. The van der Waals surface area contributed by atoms with Crippen molar-refractivity contribution in [2.75, 3.05) is 0 Å². The Balaban J connectivity index is 1.42. The zero-order chi connectivity index (χ0) is 24.4. The topological polar surface area (TPSA) is 84.2 Å². The minimum Gasteiger partial charge on any atom is -0.374 e. The predicted octanol–water partition coefficient (Wildman–Crippen LogP) is 4.86. The van der Waals surface area contributed by atoms with E-state index in [2.05, 4.69) is 10.3 Å². The molecule has 5 rings (SSSR count). The molecule has 0 aliphatic heterocycles. The number of aliphatic hydroxyl groups excluding tert-OH is 1. The Labute approximate surface area is 202 Å². The van der Waals surface area contributed by atoms with E-state index in [0.29, 0.717) is 17.8 Å². The van der Waals surface area contributed by atoms with E-state index >= 15 is 0 Å². The molecule has 2 heterocycles. The second-order valence-electron chi connectivity index (χ2n) is 8.06. The van der Waals surface area contributed by atoms with E-state index in [4.69, 9.17) is 0 Å². The van der Waals surface area contributed by atoms with E-state index in [0.717, 1.165) is 22.1 Å². The lowest BCUT2D eigenvalue weighted by atomic mass is 10.1. The zero-order valence-electron chi connectivity index (χ0n) is 18.5. The highest BCUT2D eigenvalue weighted by Gasteiger charge is 2.23. The second-order valence-corrected chi connectivity index (χ2v) is 9.88. The molecule has 8 heteroatoms. The van der Waals surface area contributed by atoms with Crippen LogP contribution in [0.5, 0.6) is 0 Å². The summed E-state index contributed by atoms with van der Waals surface area (Å²) in [4.78, 5) is 4.41. The first kappa shape index (κ1) is 22.9. The highest BCUT2D eigenvalue weighted by molar-refractivity contribution is 7.90. The fourth-order valence-electron chi connectivity index (χ4n) is 3.93. The Bertz CT molecular complexity index is 1570. The maximum Gasteiger partial charge on any atom is 0.269 e. The maximum absolute atomic E-state index is 13.5. The average molecular weight is 488 g/mol. The first-order chi connectivity index (χ1) is 16.9. The van der Waals surface area contributed by atoms with Crippen LogP contribution in [0.1, 0.15) is 17.4 Å². The third-order valence-corrected chi connectivity index (χ3v) is 7.45. The number of aromatic nitrogens is 2. The van der Waals surface area contributed by atoms with Gasteiger partial charge in [0.15, 0.2) is 5.65 Å². The highest BCUT2D eigenvalue weighted by atomic mass is 32.2. The van der Waals surface area contributed by atoms with Gasteiger partial charge in [0.1, 0.15) is 12.0 Å². The van der Waals surface area contributed by atoms with Gasteiger partial charge in [-0.15, -0.1) is 0 Å². The molecule has 0 bridgehead atoms. The summed E-state index contributed by atoms with van der Waals surface area (Å²) in [5.41, 5.74) is 3.33. The average Bonchev–Trinajstić information content (AvgIpc) is 3.29. The number of aliphatic hydroxyl groups is 1. The monoisotopic (exact) mass is 487 g/mol. The van der Waals surface area contributed by atoms with Crippen molar-refractivity contribution < 1.29 is 17.9 Å². The summed E-state index contributed by atoms with van der Waals surface area (Å²) in [6.07, 6.45) is 2.14. The number of halogens is 1. The van der Waals surface area contributed by atoms with Crippen LogP contribution in [0.3, 0.4) is 0 Å². The van der Waals surface area contributed by atoms with Crippen LogP contribution in [0.25, 0.3) is 22.2 Å². The van der Waals surface area contributed by atoms with Crippen molar-refractivity contribution in [2.24, 2.45) is 0 Å². The Kier molecular flexibility index (Phi) is 6.17. The van der Waals surface area contributed by atoms with Gasteiger partial charge in [0.25, 0.3) is 10.0 Å². The van der Waals surface area contributed by atoms with Gasteiger partial charge in [0.2, 0.25) is 0 Å². The molecule has 2 aromatic heterocycles. The maximum atomic E-state index is 13.5. The minimum atomic E-state index is -3.94. The highest BCUT2D eigenvalue weighted by Crippen LogP contribution is 2.32. The predicted molar refractivity (Wildman–Crippen MR) is 132 cm³/mol. The molecule has 3 aromatic carbocycles. The molecule has 0 aliphatic rings. The number of nitrogens with zero attached hydrogens (tertiary/aromatic N) is 2. The molecule has 0 spiro atoms. The van der Waals surface area contributed by atoms with Crippen molar-refractivity contribution in [3.05, 3.63) is 120 Å². The normalized spacial score (nSPS) is 12.6. The standard InChI is InChI=1S/C27H22FN3O3S/c28-22-12-8-19(9-13-22)17-30-27(32)21-10-14-23(15-11-21)35(33,34)31-18-25(20-5-2-1-3-6-20)24-7-4-16-29-26(24)31/h1-16,18,27,30,32H,17H2. The Morgan fingerprint density at radius 2 is 1.63 bits per heavy atom. The summed E-state index contributed by atoms with van der Waals surface area (Å²) in [5.74, 6) is -0.326. The van der Waals surface area contributed by atoms with Crippen LogP contribution < -0.4 is 5.32 Å². The molecule has 176 valence electrons. The van der Waals surface area contributed by atoms with Gasteiger partial charge in [-0.25, -0.2) is 21.8 Å². The smallest absolute Gasteiger partial charge is 0.269 e. The third-order valence-electron chi connectivity index (χ3n) is 5.78. The number of rotatable bonds is 7. The fraction of sp³-hybridized carbons (Fsp3) is 0.0741. The van der Waals surface area contributed by atoms with E-state index in [-0.39, 0.29) is 10.7 Å². The van der Waals surface area contributed by atoms with Gasteiger partial charge < -0.3 is 5.11 Å². The molecule has 2 N–H and O–H groups in total. The summed E-state index contributed by atoms with van der Waals surface area (Å²) in [7, 11) is -3.94.